The molecule has 0 radical (unpaired) electrons. The van der Waals surface area contributed by atoms with E-state index in [1.54, 1.807) is 0 Å². The largest absolute Gasteiger partial charge is 0.298 e. The Balaban J connectivity index is 1.22. The molecule has 4 nitrogen and oxygen atoms in total. The van der Waals surface area contributed by atoms with Crippen LogP contribution in [0.4, 0.5) is 0 Å². The summed E-state index contributed by atoms with van der Waals surface area (Å²) in [5.41, 5.74) is 11.0. The molecule has 10 aromatic rings. The Hall–Kier alpha value is -6.52. The summed E-state index contributed by atoms with van der Waals surface area (Å²) < 4.78 is 4.50. The van der Waals surface area contributed by atoms with E-state index in [0.29, 0.717) is 0 Å². The fourth-order valence-corrected chi connectivity index (χ4v) is 7.48. The molecule has 2 aromatic heterocycles. The number of para-hydroxylation sites is 2. The van der Waals surface area contributed by atoms with E-state index in [4.69, 9.17) is 9.97 Å². The third-order valence-corrected chi connectivity index (χ3v) is 9.67. The van der Waals surface area contributed by atoms with Crippen molar-refractivity contribution in [3.05, 3.63) is 170 Å². The van der Waals surface area contributed by atoms with Gasteiger partial charge in [-0.05, 0) is 51.6 Å². The number of hydrogen-bond acceptors (Lipinski definition) is 2. The highest BCUT2D eigenvalue weighted by molar-refractivity contribution is 6.19. The van der Waals surface area contributed by atoms with Crippen LogP contribution < -0.4 is 0 Å². The number of hydrogen-bond donors (Lipinski definition) is 0. The summed E-state index contributed by atoms with van der Waals surface area (Å²) in [6.45, 7) is 0. The second-order valence-corrected chi connectivity index (χ2v) is 12.3. The average Bonchev–Trinajstić information content (AvgIpc) is 3.79. The van der Waals surface area contributed by atoms with Crippen molar-refractivity contribution in [3.8, 4) is 33.6 Å². The zero-order chi connectivity index (χ0) is 31.6. The molecule has 0 N–H and O–H groups in total. The minimum atomic E-state index is 0.995. The highest BCUT2D eigenvalue weighted by atomic mass is 15.1. The lowest BCUT2D eigenvalue weighted by Crippen LogP contribution is -1.98. The molecule has 4 heteroatoms. The molecule has 2 heterocycles. The molecule has 0 bridgehead atoms. The first-order valence-corrected chi connectivity index (χ1v) is 16.2. The van der Waals surface area contributed by atoms with Gasteiger partial charge in [-0.25, -0.2) is 9.97 Å². The van der Waals surface area contributed by atoms with E-state index in [1.165, 1.54) is 37.9 Å². The molecule has 0 aliphatic carbocycles. The molecule has 0 aliphatic rings. The zero-order valence-corrected chi connectivity index (χ0v) is 26.0. The van der Waals surface area contributed by atoms with Crippen molar-refractivity contribution in [2.24, 2.45) is 0 Å². The minimum absolute atomic E-state index is 0.995. The van der Waals surface area contributed by atoms with Crippen LogP contribution in [-0.2, 0) is 0 Å². The number of benzene rings is 8. The SMILES string of the molecule is c1ccc(-c2cccc3c2ncn3-c2cccc3c2ccc2c(-n4cnc5c(-c6ccccc6)cccc54)c4ccccc4cc23)cc1. The summed E-state index contributed by atoms with van der Waals surface area (Å²) in [5.74, 6) is 0. The van der Waals surface area contributed by atoms with Gasteiger partial charge in [-0.3, -0.25) is 9.13 Å². The van der Waals surface area contributed by atoms with Gasteiger partial charge in [0, 0.05) is 27.3 Å². The molecule has 10 rings (SSSR count). The van der Waals surface area contributed by atoms with Gasteiger partial charge in [-0.15, -0.1) is 0 Å². The molecule has 48 heavy (non-hydrogen) atoms. The van der Waals surface area contributed by atoms with Crippen LogP contribution in [0.3, 0.4) is 0 Å². The summed E-state index contributed by atoms with van der Waals surface area (Å²) >= 11 is 0. The van der Waals surface area contributed by atoms with Gasteiger partial charge in [0.15, 0.2) is 0 Å². The summed E-state index contributed by atoms with van der Waals surface area (Å²) in [4.78, 5) is 9.95. The van der Waals surface area contributed by atoms with Gasteiger partial charge in [0.1, 0.15) is 12.7 Å². The highest BCUT2D eigenvalue weighted by Crippen LogP contribution is 2.40. The van der Waals surface area contributed by atoms with E-state index in [9.17, 15) is 0 Å². The number of aromatic nitrogens is 4. The van der Waals surface area contributed by atoms with Crippen molar-refractivity contribution in [1.82, 2.24) is 19.1 Å². The second kappa shape index (κ2) is 10.5. The molecule has 0 amide bonds. The molecule has 0 saturated heterocycles. The van der Waals surface area contributed by atoms with Crippen molar-refractivity contribution < 1.29 is 0 Å². The average molecular weight is 613 g/mol. The van der Waals surface area contributed by atoms with Gasteiger partial charge in [-0.1, -0.05) is 133 Å². The topological polar surface area (TPSA) is 35.6 Å². The fourth-order valence-electron chi connectivity index (χ4n) is 7.48. The molecule has 0 atom stereocenters. The molecular formula is C44H28N4. The van der Waals surface area contributed by atoms with Gasteiger partial charge in [-0.2, -0.15) is 0 Å². The van der Waals surface area contributed by atoms with Crippen molar-refractivity contribution in [1.29, 1.82) is 0 Å². The molecule has 224 valence electrons. The standard InChI is InChI=1S/C44H28N4/c1-3-12-29(13-4-1)32-18-9-22-40-42(32)45-27-47(40)39-21-11-20-35-36(39)24-25-37-38(35)26-31-16-7-8-17-34(31)44(37)48-28-46-43-33(19-10-23-41(43)48)30-14-5-2-6-15-30/h1-28H. The van der Waals surface area contributed by atoms with Crippen LogP contribution in [0, 0.1) is 0 Å². The normalized spacial score (nSPS) is 11.8. The lowest BCUT2D eigenvalue weighted by atomic mass is 9.95. The second-order valence-electron chi connectivity index (χ2n) is 12.3. The molecular weight excluding hydrogens is 585 g/mol. The Labute approximate surface area is 276 Å². The monoisotopic (exact) mass is 612 g/mol. The van der Waals surface area contributed by atoms with Crippen LogP contribution >= 0.6 is 0 Å². The maximum Gasteiger partial charge on any atom is 0.100 e. The molecule has 0 aliphatic heterocycles. The minimum Gasteiger partial charge on any atom is -0.298 e. The van der Waals surface area contributed by atoms with Crippen molar-refractivity contribution in [2.45, 2.75) is 0 Å². The summed E-state index contributed by atoms with van der Waals surface area (Å²) in [7, 11) is 0. The lowest BCUT2D eigenvalue weighted by molar-refractivity contribution is 1.10. The van der Waals surface area contributed by atoms with Crippen LogP contribution in [0.15, 0.2) is 170 Å². The Bertz CT molecular complexity index is 2830. The van der Waals surface area contributed by atoms with E-state index in [0.717, 1.165) is 50.1 Å². The maximum atomic E-state index is 5.01. The fraction of sp³-hybridized carbons (Fsp3) is 0. The first-order chi connectivity index (χ1) is 23.8. The van der Waals surface area contributed by atoms with Crippen molar-refractivity contribution in [2.75, 3.05) is 0 Å². The number of rotatable bonds is 4. The van der Waals surface area contributed by atoms with Crippen molar-refractivity contribution in [3.63, 3.8) is 0 Å². The maximum absolute atomic E-state index is 5.01. The predicted molar refractivity (Wildman–Crippen MR) is 199 cm³/mol. The van der Waals surface area contributed by atoms with Crippen LogP contribution in [0.2, 0.25) is 0 Å². The van der Waals surface area contributed by atoms with Crippen molar-refractivity contribution >= 4 is 54.4 Å². The van der Waals surface area contributed by atoms with Gasteiger partial charge in [0.25, 0.3) is 0 Å². The Morgan fingerprint density at radius 1 is 0.375 bits per heavy atom. The van der Waals surface area contributed by atoms with Gasteiger partial charge < -0.3 is 0 Å². The summed E-state index contributed by atoms with van der Waals surface area (Å²) in [5, 5.41) is 7.16. The van der Waals surface area contributed by atoms with E-state index in [-0.39, 0.29) is 0 Å². The van der Waals surface area contributed by atoms with Crippen LogP contribution in [-0.4, -0.2) is 19.1 Å². The number of imidazole rings is 2. The third kappa shape index (κ3) is 3.96. The van der Waals surface area contributed by atoms with Crippen LogP contribution in [0.1, 0.15) is 0 Å². The third-order valence-electron chi connectivity index (χ3n) is 9.67. The van der Waals surface area contributed by atoms with E-state index in [1.807, 2.05) is 12.7 Å². The Morgan fingerprint density at radius 3 is 1.65 bits per heavy atom. The van der Waals surface area contributed by atoms with E-state index in [2.05, 4.69) is 167 Å². The molecule has 0 spiro atoms. The molecule has 8 aromatic carbocycles. The van der Waals surface area contributed by atoms with E-state index < -0.39 is 0 Å². The molecule has 0 fully saturated rings. The first-order valence-electron chi connectivity index (χ1n) is 16.2. The van der Waals surface area contributed by atoms with Crippen LogP contribution in [0.5, 0.6) is 0 Å². The highest BCUT2D eigenvalue weighted by Gasteiger charge is 2.18. The first kappa shape index (κ1) is 26.7. The van der Waals surface area contributed by atoms with Gasteiger partial charge in [0.05, 0.1) is 33.4 Å². The summed E-state index contributed by atoms with van der Waals surface area (Å²) in [6, 6.07) is 56.1. The summed E-state index contributed by atoms with van der Waals surface area (Å²) in [6.07, 6.45) is 3.95. The van der Waals surface area contributed by atoms with Crippen LogP contribution in [0.25, 0.3) is 88.0 Å². The zero-order valence-electron chi connectivity index (χ0n) is 26.0. The smallest absolute Gasteiger partial charge is 0.100 e. The van der Waals surface area contributed by atoms with E-state index >= 15 is 0 Å². The van der Waals surface area contributed by atoms with Gasteiger partial charge >= 0.3 is 0 Å². The molecule has 0 unspecified atom stereocenters. The quantitative estimate of drug-likeness (QED) is 0.146. The predicted octanol–water partition coefficient (Wildman–Crippen LogP) is 11.2. The Kier molecular flexibility index (Phi) is 5.84. The Morgan fingerprint density at radius 2 is 0.938 bits per heavy atom. The number of fused-ring (bicyclic) bond motifs is 6. The number of nitrogens with zero attached hydrogens (tertiary/aromatic N) is 4. The van der Waals surface area contributed by atoms with Gasteiger partial charge in [0.2, 0.25) is 0 Å². The lowest BCUT2D eigenvalue weighted by Gasteiger charge is -2.17. The molecule has 0 saturated carbocycles.